The van der Waals surface area contributed by atoms with E-state index in [1.54, 1.807) is 7.05 Å². The van der Waals surface area contributed by atoms with Crippen molar-refractivity contribution in [1.82, 2.24) is 10.2 Å². The Morgan fingerprint density at radius 1 is 1.44 bits per heavy atom. The van der Waals surface area contributed by atoms with Gasteiger partial charge in [-0.2, -0.15) is 0 Å². The fourth-order valence-corrected chi connectivity index (χ4v) is 1.80. The number of likely N-dealkylation sites (N-methyl/N-ethyl adjacent to an activating group) is 2. The Balaban J connectivity index is 2.32. The highest BCUT2D eigenvalue weighted by Crippen LogP contribution is 2.32. The first-order valence-corrected chi connectivity index (χ1v) is 5.76. The Kier molecular flexibility index (Phi) is 4.29. The molecule has 0 saturated heterocycles. The van der Waals surface area contributed by atoms with Crippen LogP contribution in [0.5, 0.6) is 0 Å². The van der Waals surface area contributed by atoms with Gasteiger partial charge in [0, 0.05) is 25.6 Å². The molecule has 0 bridgehead atoms. The summed E-state index contributed by atoms with van der Waals surface area (Å²) >= 11 is 0. The number of hydrogen-bond acceptors (Lipinski definition) is 3. The molecule has 5 nitrogen and oxygen atoms in total. The van der Waals surface area contributed by atoms with Crippen LogP contribution >= 0.6 is 0 Å². The zero-order chi connectivity index (χ0) is 12.2. The first kappa shape index (κ1) is 13.0. The number of hydrogen-bond donors (Lipinski definition) is 2. The first-order valence-electron chi connectivity index (χ1n) is 5.76. The van der Waals surface area contributed by atoms with Gasteiger partial charge in [-0.25, -0.2) is 0 Å². The van der Waals surface area contributed by atoms with Gasteiger partial charge in [0.2, 0.25) is 11.8 Å². The van der Waals surface area contributed by atoms with Crippen molar-refractivity contribution in [3.05, 3.63) is 0 Å². The lowest BCUT2D eigenvalue weighted by Gasteiger charge is -2.38. The molecule has 2 amide bonds. The molecule has 0 spiro atoms. The zero-order valence-corrected chi connectivity index (χ0v) is 10.1. The van der Waals surface area contributed by atoms with E-state index in [-0.39, 0.29) is 23.9 Å². The molecule has 1 aliphatic rings. The summed E-state index contributed by atoms with van der Waals surface area (Å²) in [6.45, 7) is 2.55. The van der Waals surface area contributed by atoms with E-state index in [9.17, 15) is 9.59 Å². The van der Waals surface area contributed by atoms with Crippen molar-refractivity contribution in [2.24, 2.45) is 5.73 Å². The predicted molar refractivity (Wildman–Crippen MR) is 61.7 cm³/mol. The number of nitrogens with two attached hydrogens (primary N) is 1. The Labute approximate surface area is 96.4 Å². The average Bonchev–Trinajstić information content (AvgIpc) is 2.15. The summed E-state index contributed by atoms with van der Waals surface area (Å²) in [6.07, 6.45) is 3.27. The second-order valence-electron chi connectivity index (χ2n) is 4.60. The summed E-state index contributed by atoms with van der Waals surface area (Å²) in [6, 6.07) is 0. The fraction of sp³-hybridized carbons (Fsp3) is 0.818. The minimum Gasteiger partial charge on any atom is -0.355 e. The van der Waals surface area contributed by atoms with Crippen LogP contribution < -0.4 is 11.1 Å². The van der Waals surface area contributed by atoms with Gasteiger partial charge in [0.1, 0.15) is 0 Å². The molecule has 1 saturated carbocycles. The Morgan fingerprint density at radius 3 is 2.50 bits per heavy atom. The Bertz CT molecular complexity index is 274. The number of rotatable bonds is 5. The van der Waals surface area contributed by atoms with E-state index in [1.165, 1.54) is 4.90 Å². The maximum Gasteiger partial charge on any atom is 0.239 e. The monoisotopic (exact) mass is 227 g/mol. The van der Waals surface area contributed by atoms with Crippen LogP contribution in [-0.2, 0) is 9.59 Å². The minimum atomic E-state index is -0.313. The molecule has 0 aromatic heterocycles. The van der Waals surface area contributed by atoms with Crippen LogP contribution in [0, 0.1) is 0 Å². The molecule has 0 aromatic rings. The smallest absolute Gasteiger partial charge is 0.239 e. The van der Waals surface area contributed by atoms with E-state index in [0.29, 0.717) is 13.0 Å². The molecule has 0 atom stereocenters. The number of carbonyl (C=O) groups is 2. The van der Waals surface area contributed by atoms with Crippen LogP contribution in [0.2, 0.25) is 0 Å². The van der Waals surface area contributed by atoms with Gasteiger partial charge in [0.15, 0.2) is 0 Å². The molecule has 1 fully saturated rings. The number of amides is 2. The van der Waals surface area contributed by atoms with Crippen LogP contribution in [0.15, 0.2) is 0 Å². The molecule has 5 heteroatoms. The molecule has 1 rings (SSSR count). The third kappa shape index (κ3) is 3.48. The summed E-state index contributed by atoms with van der Waals surface area (Å²) in [5.41, 5.74) is 5.67. The van der Waals surface area contributed by atoms with Gasteiger partial charge in [0.05, 0.1) is 6.54 Å². The second-order valence-corrected chi connectivity index (χ2v) is 4.60. The Morgan fingerprint density at radius 2 is 2.06 bits per heavy atom. The van der Waals surface area contributed by atoms with Crippen LogP contribution in [-0.4, -0.2) is 42.4 Å². The van der Waals surface area contributed by atoms with E-state index >= 15 is 0 Å². The highest BCUT2D eigenvalue weighted by Gasteiger charge is 2.35. The van der Waals surface area contributed by atoms with Crippen molar-refractivity contribution < 1.29 is 9.59 Å². The van der Waals surface area contributed by atoms with Gasteiger partial charge in [-0.15, -0.1) is 0 Å². The van der Waals surface area contributed by atoms with Crippen LogP contribution in [0.25, 0.3) is 0 Å². The summed E-state index contributed by atoms with van der Waals surface area (Å²) in [5.74, 6) is -0.175. The van der Waals surface area contributed by atoms with E-state index in [2.05, 4.69) is 5.32 Å². The molecule has 0 heterocycles. The molecule has 16 heavy (non-hydrogen) atoms. The van der Waals surface area contributed by atoms with Crippen molar-refractivity contribution in [3.8, 4) is 0 Å². The molecular formula is C11H21N3O2. The van der Waals surface area contributed by atoms with Crippen LogP contribution in [0.1, 0.15) is 32.6 Å². The fourth-order valence-electron chi connectivity index (χ4n) is 1.80. The molecule has 92 valence electrons. The quantitative estimate of drug-likeness (QED) is 0.686. The van der Waals surface area contributed by atoms with Crippen molar-refractivity contribution in [1.29, 1.82) is 0 Å². The van der Waals surface area contributed by atoms with Gasteiger partial charge in [-0.3, -0.25) is 9.59 Å². The number of nitrogens with zero attached hydrogens (tertiary/aromatic N) is 1. The first-order chi connectivity index (χ1) is 7.47. The van der Waals surface area contributed by atoms with Crippen molar-refractivity contribution in [2.45, 2.75) is 38.1 Å². The molecule has 0 radical (unpaired) electrons. The minimum absolute atomic E-state index is 0.0477. The lowest BCUT2D eigenvalue weighted by Crippen LogP contribution is -2.51. The van der Waals surface area contributed by atoms with Gasteiger partial charge < -0.3 is 16.0 Å². The lowest BCUT2D eigenvalue weighted by molar-refractivity contribution is -0.136. The molecule has 0 aromatic carbocycles. The normalized spacial score (nSPS) is 17.4. The van der Waals surface area contributed by atoms with E-state index in [0.717, 1.165) is 19.3 Å². The topological polar surface area (TPSA) is 75.4 Å². The third-order valence-corrected chi connectivity index (χ3v) is 3.03. The van der Waals surface area contributed by atoms with Crippen molar-refractivity contribution in [3.63, 3.8) is 0 Å². The maximum atomic E-state index is 11.8. The number of nitrogens with one attached hydrogen (secondary N) is 1. The molecule has 3 N–H and O–H groups in total. The third-order valence-electron chi connectivity index (χ3n) is 3.03. The summed E-state index contributed by atoms with van der Waals surface area (Å²) in [4.78, 5) is 24.5. The molecule has 1 aliphatic carbocycles. The Hall–Kier alpha value is -1.10. The highest BCUT2D eigenvalue weighted by molar-refractivity contribution is 5.85. The summed E-state index contributed by atoms with van der Waals surface area (Å²) in [5, 5.41) is 2.66. The van der Waals surface area contributed by atoms with E-state index < -0.39 is 0 Å². The van der Waals surface area contributed by atoms with E-state index in [4.69, 9.17) is 5.73 Å². The largest absolute Gasteiger partial charge is 0.355 e. The van der Waals surface area contributed by atoms with Gasteiger partial charge in [-0.05, 0) is 26.2 Å². The summed E-state index contributed by atoms with van der Waals surface area (Å²) < 4.78 is 0. The average molecular weight is 227 g/mol. The maximum absolute atomic E-state index is 11.8. The summed E-state index contributed by atoms with van der Waals surface area (Å²) in [7, 11) is 1.64. The van der Waals surface area contributed by atoms with Crippen LogP contribution in [0.4, 0.5) is 0 Å². The standard InChI is InChI=1S/C11H21N3O2/c1-3-13-9(15)8-14(2)10(16)7-11(12)5-4-6-11/h3-8,12H2,1-2H3,(H,13,15). The second kappa shape index (κ2) is 5.30. The van der Waals surface area contributed by atoms with Gasteiger partial charge in [0.25, 0.3) is 0 Å². The molecular weight excluding hydrogens is 206 g/mol. The van der Waals surface area contributed by atoms with Crippen molar-refractivity contribution in [2.75, 3.05) is 20.1 Å². The lowest BCUT2D eigenvalue weighted by atomic mass is 9.75. The number of carbonyl (C=O) groups excluding carboxylic acids is 2. The van der Waals surface area contributed by atoms with Gasteiger partial charge in [-0.1, -0.05) is 0 Å². The SMILES string of the molecule is CCNC(=O)CN(C)C(=O)CC1(N)CCC1. The molecule has 0 unspecified atom stereocenters. The van der Waals surface area contributed by atoms with E-state index in [1.807, 2.05) is 6.92 Å². The van der Waals surface area contributed by atoms with Crippen molar-refractivity contribution >= 4 is 11.8 Å². The molecule has 0 aliphatic heterocycles. The van der Waals surface area contributed by atoms with Gasteiger partial charge >= 0.3 is 0 Å². The highest BCUT2D eigenvalue weighted by atomic mass is 16.2. The predicted octanol–water partition coefficient (Wildman–Crippen LogP) is -0.148. The van der Waals surface area contributed by atoms with Crippen LogP contribution in [0.3, 0.4) is 0 Å². The zero-order valence-electron chi connectivity index (χ0n) is 10.1.